The van der Waals surface area contributed by atoms with Gasteiger partial charge in [-0.2, -0.15) is 0 Å². The van der Waals surface area contributed by atoms with Gasteiger partial charge in [0, 0.05) is 24.7 Å². The number of methoxy groups -OCH3 is 2. The Morgan fingerprint density at radius 1 is 1.11 bits per heavy atom. The van der Waals surface area contributed by atoms with Crippen LogP contribution in [0.25, 0.3) is 0 Å². The highest BCUT2D eigenvalue weighted by atomic mass is 16.5. The second kappa shape index (κ2) is 9.07. The zero-order chi connectivity index (χ0) is 19.1. The van der Waals surface area contributed by atoms with Crippen LogP contribution in [0.15, 0.2) is 36.4 Å². The van der Waals surface area contributed by atoms with Gasteiger partial charge < -0.3 is 23.8 Å². The number of rotatable bonds is 7. The molecule has 0 spiro atoms. The van der Waals surface area contributed by atoms with Crippen molar-refractivity contribution >= 4 is 5.91 Å². The molecule has 0 N–H and O–H groups in total. The number of ether oxygens (including phenoxy) is 4. The second-order valence-electron chi connectivity index (χ2n) is 6.10. The molecule has 27 heavy (non-hydrogen) atoms. The molecule has 1 atom stereocenters. The summed E-state index contributed by atoms with van der Waals surface area (Å²) in [7, 11) is 3.12. The van der Waals surface area contributed by atoms with Crippen molar-refractivity contribution in [3.63, 3.8) is 0 Å². The largest absolute Gasteiger partial charge is 0.497 e. The third-order valence-electron chi connectivity index (χ3n) is 4.25. The number of nitrogens with zero attached hydrogens (tertiary/aromatic N) is 3. The number of amides is 1. The molecule has 1 fully saturated rings. The summed E-state index contributed by atoms with van der Waals surface area (Å²) in [5.41, 5.74) is 0. The van der Waals surface area contributed by atoms with Gasteiger partial charge in [0.05, 0.1) is 20.8 Å². The average Bonchev–Trinajstić information content (AvgIpc) is 2.73. The lowest BCUT2D eigenvalue weighted by molar-refractivity contribution is -0.136. The number of hydrogen-bond donors (Lipinski definition) is 0. The first-order chi connectivity index (χ1) is 13.2. The van der Waals surface area contributed by atoms with Crippen molar-refractivity contribution in [1.29, 1.82) is 0 Å². The number of hydrogen-bond acceptors (Lipinski definition) is 7. The summed E-state index contributed by atoms with van der Waals surface area (Å²) in [5.74, 6) is 2.06. The van der Waals surface area contributed by atoms with Gasteiger partial charge in [-0.25, -0.2) is 0 Å². The Morgan fingerprint density at radius 2 is 1.89 bits per heavy atom. The van der Waals surface area contributed by atoms with Crippen LogP contribution in [-0.4, -0.2) is 61.0 Å². The van der Waals surface area contributed by atoms with E-state index in [0.717, 1.165) is 12.8 Å². The van der Waals surface area contributed by atoms with Crippen molar-refractivity contribution in [3.05, 3.63) is 36.4 Å². The molecule has 8 nitrogen and oxygen atoms in total. The molecule has 2 aromatic rings. The normalized spacial score (nSPS) is 16.5. The van der Waals surface area contributed by atoms with Crippen molar-refractivity contribution in [2.45, 2.75) is 18.9 Å². The molecule has 3 rings (SSSR count). The van der Waals surface area contributed by atoms with E-state index >= 15 is 0 Å². The fourth-order valence-corrected chi connectivity index (χ4v) is 2.84. The Labute approximate surface area is 158 Å². The summed E-state index contributed by atoms with van der Waals surface area (Å²) in [6.07, 6.45) is 1.59. The lowest BCUT2D eigenvalue weighted by Gasteiger charge is -2.32. The van der Waals surface area contributed by atoms with Gasteiger partial charge >= 0.3 is 0 Å². The van der Waals surface area contributed by atoms with Gasteiger partial charge in [-0.15, -0.1) is 10.2 Å². The first-order valence-electron chi connectivity index (χ1n) is 8.77. The molecular formula is C19H23N3O5. The average molecular weight is 373 g/mol. The van der Waals surface area contributed by atoms with Crippen molar-refractivity contribution in [2.75, 3.05) is 33.9 Å². The molecule has 1 aromatic carbocycles. The molecule has 1 saturated heterocycles. The molecule has 8 heteroatoms. The summed E-state index contributed by atoms with van der Waals surface area (Å²) in [5, 5.41) is 7.85. The highest BCUT2D eigenvalue weighted by Gasteiger charge is 2.25. The minimum Gasteiger partial charge on any atom is -0.497 e. The van der Waals surface area contributed by atoms with Gasteiger partial charge in [-0.1, -0.05) is 6.07 Å². The monoisotopic (exact) mass is 373 g/mol. The maximum Gasteiger partial charge on any atom is 0.260 e. The van der Waals surface area contributed by atoms with Crippen molar-refractivity contribution in [3.8, 4) is 23.3 Å². The van der Waals surface area contributed by atoms with Crippen molar-refractivity contribution in [1.82, 2.24) is 15.1 Å². The highest BCUT2D eigenvalue weighted by molar-refractivity contribution is 5.78. The molecule has 0 bridgehead atoms. The molecule has 2 heterocycles. The topological polar surface area (TPSA) is 83.0 Å². The van der Waals surface area contributed by atoms with Gasteiger partial charge in [0.1, 0.15) is 17.6 Å². The first-order valence-corrected chi connectivity index (χ1v) is 8.77. The Morgan fingerprint density at radius 3 is 2.63 bits per heavy atom. The van der Waals surface area contributed by atoms with E-state index in [1.54, 1.807) is 36.3 Å². The summed E-state index contributed by atoms with van der Waals surface area (Å²) in [6.45, 7) is 1.16. The smallest absolute Gasteiger partial charge is 0.260 e. The van der Waals surface area contributed by atoms with E-state index in [-0.39, 0.29) is 18.6 Å². The van der Waals surface area contributed by atoms with Crippen LogP contribution in [0.2, 0.25) is 0 Å². The number of carbonyl (C=O) groups excluding carboxylic acids is 1. The summed E-state index contributed by atoms with van der Waals surface area (Å²) < 4.78 is 21.6. The predicted octanol–water partition coefficient (Wildman–Crippen LogP) is 1.94. The third kappa shape index (κ3) is 5.22. The van der Waals surface area contributed by atoms with Crippen LogP contribution in [-0.2, 0) is 4.79 Å². The maximum absolute atomic E-state index is 12.5. The molecule has 1 aliphatic rings. The quantitative estimate of drug-likeness (QED) is 0.733. The molecule has 1 aromatic heterocycles. The predicted molar refractivity (Wildman–Crippen MR) is 97.3 cm³/mol. The zero-order valence-electron chi connectivity index (χ0n) is 15.5. The molecule has 1 aliphatic heterocycles. The number of likely N-dealkylation sites (tertiary alicyclic amines) is 1. The van der Waals surface area contributed by atoms with Crippen LogP contribution in [0, 0.1) is 0 Å². The van der Waals surface area contributed by atoms with E-state index in [4.69, 9.17) is 18.9 Å². The Kier molecular flexibility index (Phi) is 6.30. The van der Waals surface area contributed by atoms with Gasteiger partial charge in [0.2, 0.25) is 11.8 Å². The molecule has 1 amide bonds. The maximum atomic E-state index is 12.5. The van der Waals surface area contributed by atoms with Crippen LogP contribution >= 0.6 is 0 Å². The number of piperidine rings is 1. The van der Waals surface area contributed by atoms with Crippen LogP contribution in [0.1, 0.15) is 12.8 Å². The van der Waals surface area contributed by atoms with Gasteiger partial charge in [0.15, 0.2) is 6.61 Å². The summed E-state index contributed by atoms with van der Waals surface area (Å²) >= 11 is 0. The fraction of sp³-hybridized carbons (Fsp3) is 0.421. The molecular weight excluding hydrogens is 350 g/mol. The van der Waals surface area contributed by atoms with Crippen molar-refractivity contribution in [2.24, 2.45) is 0 Å². The van der Waals surface area contributed by atoms with Crippen LogP contribution in [0.5, 0.6) is 23.3 Å². The van der Waals surface area contributed by atoms with E-state index in [2.05, 4.69) is 10.2 Å². The number of benzene rings is 1. The lowest BCUT2D eigenvalue weighted by atomic mass is 10.1. The standard InChI is InChI=1S/C19H23N3O5/c1-24-14-5-3-6-15(11-14)26-13-19(23)22-10-4-7-16(12-22)27-18-9-8-17(25-2)20-21-18/h3,5-6,8-9,11,16H,4,7,10,12-13H2,1-2H3. The zero-order valence-corrected chi connectivity index (χ0v) is 15.5. The molecule has 144 valence electrons. The molecule has 0 saturated carbocycles. The van der Waals surface area contributed by atoms with Crippen molar-refractivity contribution < 1.29 is 23.7 Å². The highest BCUT2D eigenvalue weighted by Crippen LogP contribution is 2.20. The van der Waals surface area contributed by atoms with E-state index < -0.39 is 0 Å². The number of aromatic nitrogens is 2. The van der Waals surface area contributed by atoms with E-state index in [1.807, 2.05) is 12.1 Å². The Hall–Kier alpha value is -3.03. The SMILES string of the molecule is COc1cccc(OCC(=O)N2CCCC(Oc3ccc(OC)nn3)C2)c1. The van der Waals surface area contributed by atoms with Gasteiger partial charge in [-0.05, 0) is 25.0 Å². The first kappa shape index (κ1) is 18.8. The van der Waals surface area contributed by atoms with E-state index in [0.29, 0.717) is 36.3 Å². The van der Waals surface area contributed by atoms with Gasteiger partial charge in [0.25, 0.3) is 5.91 Å². The molecule has 0 radical (unpaired) electrons. The fourth-order valence-electron chi connectivity index (χ4n) is 2.84. The van der Waals surface area contributed by atoms with Crippen LogP contribution in [0.3, 0.4) is 0 Å². The second-order valence-corrected chi connectivity index (χ2v) is 6.10. The minimum atomic E-state index is -0.123. The van der Waals surface area contributed by atoms with E-state index in [9.17, 15) is 4.79 Å². The van der Waals surface area contributed by atoms with Crippen LogP contribution in [0.4, 0.5) is 0 Å². The van der Waals surface area contributed by atoms with E-state index in [1.165, 1.54) is 7.11 Å². The Balaban J connectivity index is 1.51. The number of carbonyl (C=O) groups is 1. The minimum absolute atomic E-state index is 0.0256. The lowest BCUT2D eigenvalue weighted by Crippen LogP contribution is -2.46. The third-order valence-corrected chi connectivity index (χ3v) is 4.25. The summed E-state index contributed by atoms with van der Waals surface area (Å²) in [6, 6.07) is 10.6. The van der Waals surface area contributed by atoms with Crippen LogP contribution < -0.4 is 18.9 Å². The Bertz CT molecular complexity index is 753. The molecule has 0 aliphatic carbocycles. The summed E-state index contributed by atoms with van der Waals surface area (Å²) in [4.78, 5) is 14.2. The molecule has 1 unspecified atom stereocenters. The van der Waals surface area contributed by atoms with Gasteiger partial charge in [-0.3, -0.25) is 4.79 Å².